The Bertz CT molecular complexity index is 360. The molecule has 1 aliphatic rings. The highest BCUT2D eigenvalue weighted by Crippen LogP contribution is 2.33. The van der Waals surface area contributed by atoms with E-state index >= 15 is 0 Å². The molecule has 2 rings (SSSR count). The van der Waals surface area contributed by atoms with Gasteiger partial charge in [-0.05, 0) is 24.5 Å². The van der Waals surface area contributed by atoms with Crippen molar-refractivity contribution in [1.82, 2.24) is 0 Å². The molecule has 1 aromatic carbocycles. The van der Waals surface area contributed by atoms with Gasteiger partial charge in [-0.3, -0.25) is 0 Å². The molecular weight excluding hydrogens is 216 g/mol. The highest BCUT2D eigenvalue weighted by atomic mass is 16.5. The van der Waals surface area contributed by atoms with Gasteiger partial charge < -0.3 is 14.2 Å². The lowest BCUT2D eigenvalue weighted by Crippen LogP contribution is -2.01. The van der Waals surface area contributed by atoms with Gasteiger partial charge in [0.2, 0.25) is 0 Å². The molecule has 0 N–H and O–H groups in total. The smallest absolute Gasteiger partial charge is 0.164 e. The van der Waals surface area contributed by atoms with Crippen molar-refractivity contribution in [3.8, 4) is 17.2 Å². The van der Waals surface area contributed by atoms with Gasteiger partial charge in [-0.15, -0.1) is 0 Å². The second-order valence-corrected chi connectivity index (χ2v) is 4.69. The van der Waals surface area contributed by atoms with Gasteiger partial charge in [-0.1, -0.05) is 13.8 Å². The zero-order chi connectivity index (χ0) is 12.1. The van der Waals surface area contributed by atoms with Gasteiger partial charge in [0.05, 0.1) is 19.8 Å². The van der Waals surface area contributed by atoms with E-state index in [-0.39, 0.29) is 0 Å². The molecule has 0 bridgehead atoms. The average Bonchev–Trinajstić information content (AvgIpc) is 2.53. The van der Waals surface area contributed by atoms with Gasteiger partial charge >= 0.3 is 0 Å². The van der Waals surface area contributed by atoms with Gasteiger partial charge in [0.25, 0.3) is 0 Å². The zero-order valence-electron chi connectivity index (χ0n) is 10.6. The third kappa shape index (κ3) is 3.55. The minimum atomic E-state index is 0.662. The summed E-state index contributed by atoms with van der Waals surface area (Å²) in [5.74, 6) is 3.13. The number of hydrogen-bond donors (Lipinski definition) is 0. The van der Waals surface area contributed by atoms with Gasteiger partial charge in [-0.2, -0.15) is 0 Å². The monoisotopic (exact) mass is 236 g/mol. The van der Waals surface area contributed by atoms with E-state index < -0.39 is 0 Å². The summed E-state index contributed by atoms with van der Waals surface area (Å²) in [4.78, 5) is 0. The van der Waals surface area contributed by atoms with Crippen molar-refractivity contribution in [3.63, 3.8) is 0 Å². The fourth-order valence-corrected chi connectivity index (χ4v) is 1.65. The average molecular weight is 236 g/mol. The fourth-order valence-electron chi connectivity index (χ4n) is 1.65. The summed E-state index contributed by atoms with van der Waals surface area (Å²) in [5.41, 5.74) is 0. The molecule has 0 amide bonds. The highest BCUT2D eigenvalue weighted by Gasteiger charge is 2.11. The first kappa shape index (κ1) is 12.1. The Morgan fingerprint density at radius 1 is 1.18 bits per heavy atom. The first-order chi connectivity index (χ1) is 8.25. The standard InChI is InChI=1S/C14H20O3/c1-11(2)6-9-15-12-4-5-13-14(10-12)17-8-3-7-16-13/h4-5,10-11H,3,6-9H2,1-2H3. The van der Waals surface area contributed by atoms with Crippen LogP contribution in [0.4, 0.5) is 0 Å². The zero-order valence-corrected chi connectivity index (χ0v) is 10.6. The van der Waals surface area contributed by atoms with Crippen LogP contribution in [-0.4, -0.2) is 19.8 Å². The predicted molar refractivity (Wildman–Crippen MR) is 67.0 cm³/mol. The minimum absolute atomic E-state index is 0.662. The normalized spacial score (nSPS) is 14.5. The Labute approximate surface area is 103 Å². The minimum Gasteiger partial charge on any atom is -0.493 e. The molecule has 1 heterocycles. The lowest BCUT2D eigenvalue weighted by atomic mass is 10.1. The summed E-state index contributed by atoms with van der Waals surface area (Å²) in [7, 11) is 0. The Morgan fingerprint density at radius 2 is 1.94 bits per heavy atom. The third-order valence-corrected chi connectivity index (χ3v) is 2.68. The van der Waals surface area contributed by atoms with Crippen molar-refractivity contribution in [2.24, 2.45) is 5.92 Å². The largest absolute Gasteiger partial charge is 0.493 e. The van der Waals surface area contributed by atoms with E-state index in [0.29, 0.717) is 12.5 Å². The molecule has 0 saturated heterocycles. The van der Waals surface area contributed by atoms with E-state index in [4.69, 9.17) is 14.2 Å². The van der Waals surface area contributed by atoms with Gasteiger partial charge in [0.1, 0.15) is 5.75 Å². The van der Waals surface area contributed by atoms with E-state index in [2.05, 4.69) is 13.8 Å². The van der Waals surface area contributed by atoms with Crippen molar-refractivity contribution in [1.29, 1.82) is 0 Å². The summed E-state index contributed by atoms with van der Waals surface area (Å²) in [6.07, 6.45) is 1.99. The summed E-state index contributed by atoms with van der Waals surface area (Å²) in [5, 5.41) is 0. The Kier molecular flexibility index (Phi) is 4.13. The molecule has 1 aromatic rings. The lowest BCUT2D eigenvalue weighted by Gasteiger charge is -2.11. The predicted octanol–water partition coefficient (Wildman–Crippen LogP) is 3.27. The van der Waals surface area contributed by atoms with Crippen LogP contribution in [0.25, 0.3) is 0 Å². The molecule has 0 radical (unpaired) electrons. The molecule has 94 valence electrons. The summed E-state index contributed by atoms with van der Waals surface area (Å²) in [6.45, 7) is 6.56. The van der Waals surface area contributed by atoms with Crippen LogP contribution in [0.15, 0.2) is 18.2 Å². The van der Waals surface area contributed by atoms with Crippen LogP contribution >= 0.6 is 0 Å². The van der Waals surface area contributed by atoms with Gasteiger partial charge in [0, 0.05) is 12.5 Å². The summed E-state index contributed by atoms with van der Waals surface area (Å²) in [6, 6.07) is 5.78. The second-order valence-electron chi connectivity index (χ2n) is 4.69. The highest BCUT2D eigenvalue weighted by molar-refractivity contribution is 5.45. The van der Waals surface area contributed by atoms with E-state index in [1.54, 1.807) is 0 Å². The van der Waals surface area contributed by atoms with Crippen molar-refractivity contribution < 1.29 is 14.2 Å². The van der Waals surface area contributed by atoms with Crippen LogP contribution in [0, 0.1) is 5.92 Å². The first-order valence-corrected chi connectivity index (χ1v) is 6.28. The van der Waals surface area contributed by atoms with Crippen molar-refractivity contribution in [2.75, 3.05) is 19.8 Å². The van der Waals surface area contributed by atoms with E-state index in [1.807, 2.05) is 18.2 Å². The van der Waals surface area contributed by atoms with Crippen LogP contribution < -0.4 is 14.2 Å². The van der Waals surface area contributed by atoms with E-state index in [1.165, 1.54) is 0 Å². The van der Waals surface area contributed by atoms with Crippen molar-refractivity contribution in [3.05, 3.63) is 18.2 Å². The number of ether oxygens (including phenoxy) is 3. The quantitative estimate of drug-likeness (QED) is 0.803. The Hall–Kier alpha value is -1.38. The summed E-state index contributed by atoms with van der Waals surface area (Å²) < 4.78 is 16.9. The van der Waals surface area contributed by atoms with E-state index in [9.17, 15) is 0 Å². The van der Waals surface area contributed by atoms with Gasteiger partial charge in [0.15, 0.2) is 11.5 Å². The first-order valence-electron chi connectivity index (χ1n) is 6.28. The maximum Gasteiger partial charge on any atom is 0.164 e. The third-order valence-electron chi connectivity index (χ3n) is 2.68. The van der Waals surface area contributed by atoms with Gasteiger partial charge in [-0.25, -0.2) is 0 Å². The van der Waals surface area contributed by atoms with Crippen molar-refractivity contribution in [2.45, 2.75) is 26.7 Å². The molecule has 0 saturated carbocycles. The van der Waals surface area contributed by atoms with Crippen LogP contribution in [0.5, 0.6) is 17.2 Å². The second kappa shape index (κ2) is 5.80. The molecule has 17 heavy (non-hydrogen) atoms. The number of rotatable bonds is 4. The van der Waals surface area contributed by atoms with Crippen LogP contribution in [-0.2, 0) is 0 Å². The molecule has 3 nitrogen and oxygen atoms in total. The molecule has 3 heteroatoms. The molecule has 0 spiro atoms. The van der Waals surface area contributed by atoms with Crippen LogP contribution in [0.1, 0.15) is 26.7 Å². The SMILES string of the molecule is CC(C)CCOc1ccc2c(c1)OCCCO2. The topological polar surface area (TPSA) is 27.7 Å². The molecular formula is C14H20O3. The molecule has 1 aliphatic heterocycles. The number of hydrogen-bond acceptors (Lipinski definition) is 3. The fraction of sp³-hybridized carbons (Fsp3) is 0.571. The number of fused-ring (bicyclic) bond motifs is 1. The Balaban J connectivity index is 1.97. The van der Waals surface area contributed by atoms with Crippen LogP contribution in [0.3, 0.4) is 0 Å². The lowest BCUT2D eigenvalue weighted by molar-refractivity contribution is 0.284. The molecule has 0 atom stereocenters. The number of benzene rings is 1. The molecule has 0 unspecified atom stereocenters. The summed E-state index contributed by atoms with van der Waals surface area (Å²) >= 11 is 0. The Morgan fingerprint density at radius 3 is 2.71 bits per heavy atom. The van der Waals surface area contributed by atoms with Crippen molar-refractivity contribution >= 4 is 0 Å². The van der Waals surface area contributed by atoms with Crippen LogP contribution in [0.2, 0.25) is 0 Å². The molecule has 0 fully saturated rings. The molecule has 0 aliphatic carbocycles. The molecule has 0 aromatic heterocycles. The van der Waals surface area contributed by atoms with E-state index in [0.717, 1.165) is 43.3 Å². The maximum absolute atomic E-state index is 5.69. The maximum atomic E-state index is 5.69.